The first kappa shape index (κ1) is 13.0. The van der Waals surface area contributed by atoms with Crippen molar-refractivity contribution < 1.29 is 14.3 Å². The molecule has 1 saturated heterocycles. The summed E-state index contributed by atoms with van der Waals surface area (Å²) < 4.78 is 11.2. The topological polar surface area (TPSA) is 35.5 Å². The Bertz CT molecular complexity index is 667. The summed E-state index contributed by atoms with van der Waals surface area (Å²) in [5, 5.41) is 2.20. The van der Waals surface area contributed by atoms with Gasteiger partial charge in [-0.25, -0.2) is 0 Å². The van der Waals surface area contributed by atoms with Gasteiger partial charge in [0.05, 0.1) is 13.2 Å². The number of allylic oxidation sites excluding steroid dienone is 1. The van der Waals surface area contributed by atoms with Gasteiger partial charge in [0.25, 0.3) is 0 Å². The van der Waals surface area contributed by atoms with Crippen LogP contribution in [0.1, 0.15) is 24.3 Å². The number of benzene rings is 2. The molecule has 0 N–H and O–H groups in total. The van der Waals surface area contributed by atoms with Crippen LogP contribution in [0.3, 0.4) is 0 Å². The summed E-state index contributed by atoms with van der Waals surface area (Å²) in [6.07, 6.45) is 3.15. The molecular weight excluding hydrogens is 252 g/mol. The van der Waals surface area contributed by atoms with Crippen molar-refractivity contribution in [2.75, 3.05) is 13.2 Å². The zero-order valence-electron chi connectivity index (χ0n) is 11.3. The third-order valence-corrected chi connectivity index (χ3v) is 3.36. The molecule has 0 aromatic heterocycles. The van der Waals surface area contributed by atoms with Gasteiger partial charge in [-0.1, -0.05) is 42.5 Å². The van der Waals surface area contributed by atoms with Gasteiger partial charge in [-0.15, -0.1) is 0 Å². The molecular formula is C17H16O3. The van der Waals surface area contributed by atoms with E-state index in [0.717, 1.165) is 21.9 Å². The summed E-state index contributed by atoms with van der Waals surface area (Å²) in [7, 11) is 0. The van der Waals surface area contributed by atoms with Crippen LogP contribution in [0.15, 0.2) is 42.5 Å². The first-order valence-electron chi connectivity index (χ1n) is 6.69. The predicted octanol–water partition coefficient (Wildman–Crippen LogP) is 3.49. The molecule has 0 amide bonds. The molecule has 2 aromatic carbocycles. The van der Waals surface area contributed by atoms with Crippen molar-refractivity contribution in [2.24, 2.45) is 0 Å². The van der Waals surface area contributed by atoms with Crippen molar-refractivity contribution in [1.82, 2.24) is 0 Å². The molecule has 1 aliphatic rings. The molecule has 0 aliphatic carbocycles. The molecule has 1 aliphatic heterocycles. The highest BCUT2D eigenvalue weighted by molar-refractivity contribution is 5.97. The lowest BCUT2D eigenvalue weighted by atomic mass is 9.98. The van der Waals surface area contributed by atoms with E-state index in [1.807, 2.05) is 36.4 Å². The van der Waals surface area contributed by atoms with E-state index >= 15 is 0 Å². The number of carbonyl (C=O) groups is 1. The zero-order chi connectivity index (χ0) is 13.9. The highest BCUT2D eigenvalue weighted by atomic mass is 16.7. The molecule has 0 saturated carbocycles. The Hall–Kier alpha value is -1.97. The van der Waals surface area contributed by atoms with E-state index in [9.17, 15) is 4.79 Å². The Labute approximate surface area is 117 Å². The summed E-state index contributed by atoms with van der Waals surface area (Å²) in [6, 6.07) is 12.1. The van der Waals surface area contributed by atoms with Gasteiger partial charge in [0, 0.05) is 5.56 Å². The van der Waals surface area contributed by atoms with E-state index in [-0.39, 0.29) is 12.1 Å². The van der Waals surface area contributed by atoms with Crippen LogP contribution in [0.5, 0.6) is 0 Å². The second kappa shape index (κ2) is 5.57. The number of ketones is 1. The second-order valence-corrected chi connectivity index (χ2v) is 4.81. The van der Waals surface area contributed by atoms with E-state index in [4.69, 9.17) is 9.47 Å². The molecule has 0 spiro atoms. The average Bonchev–Trinajstić information content (AvgIpc) is 2.98. The highest BCUT2D eigenvalue weighted by Gasteiger charge is 2.20. The van der Waals surface area contributed by atoms with Crippen LogP contribution in [0, 0.1) is 0 Å². The fraction of sp³-hybridized carbons (Fsp3) is 0.235. The van der Waals surface area contributed by atoms with Gasteiger partial charge in [-0.05, 0) is 29.3 Å². The molecule has 3 nitrogen and oxygen atoms in total. The molecule has 3 heteroatoms. The first-order valence-corrected chi connectivity index (χ1v) is 6.69. The first-order chi connectivity index (χ1) is 9.75. The van der Waals surface area contributed by atoms with Gasteiger partial charge in [0.2, 0.25) is 0 Å². The Morgan fingerprint density at radius 1 is 1.10 bits per heavy atom. The highest BCUT2D eigenvalue weighted by Crippen LogP contribution is 2.32. The van der Waals surface area contributed by atoms with Crippen LogP contribution < -0.4 is 0 Å². The number of hydrogen-bond acceptors (Lipinski definition) is 3. The van der Waals surface area contributed by atoms with Gasteiger partial charge in [0.15, 0.2) is 12.1 Å². The summed E-state index contributed by atoms with van der Waals surface area (Å²) in [5.41, 5.74) is 2.07. The van der Waals surface area contributed by atoms with Gasteiger partial charge in [0.1, 0.15) is 0 Å². The number of fused-ring (bicyclic) bond motifs is 1. The van der Waals surface area contributed by atoms with Crippen LogP contribution in [-0.4, -0.2) is 19.0 Å². The third-order valence-electron chi connectivity index (χ3n) is 3.36. The Morgan fingerprint density at radius 3 is 2.50 bits per heavy atom. The lowest BCUT2D eigenvalue weighted by Crippen LogP contribution is -1.99. The molecule has 1 fully saturated rings. The van der Waals surface area contributed by atoms with Gasteiger partial charge in [-0.2, -0.15) is 0 Å². The number of rotatable bonds is 3. The molecule has 2 aromatic rings. The molecule has 0 bridgehead atoms. The molecule has 1 heterocycles. The van der Waals surface area contributed by atoms with Crippen molar-refractivity contribution in [3.8, 4) is 0 Å². The summed E-state index contributed by atoms with van der Waals surface area (Å²) in [4.78, 5) is 11.1. The average molecular weight is 268 g/mol. The third kappa shape index (κ3) is 2.50. The fourth-order valence-electron chi connectivity index (χ4n) is 2.44. The van der Waals surface area contributed by atoms with Crippen LogP contribution in [0.4, 0.5) is 0 Å². The van der Waals surface area contributed by atoms with Crippen molar-refractivity contribution in [1.29, 1.82) is 0 Å². The molecule has 3 rings (SSSR count). The quantitative estimate of drug-likeness (QED) is 0.799. The van der Waals surface area contributed by atoms with E-state index in [1.54, 1.807) is 13.0 Å². The molecule has 0 atom stereocenters. The number of hydrogen-bond donors (Lipinski definition) is 0. The molecule has 0 radical (unpaired) electrons. The van der Waals surface area contributed by atoms with Gasteiger partial charge >= 0.3 is 0 Å². The largest absolute Gasteiger partial charge is 0.346 e. The van der Waals surface area contributed by atoms with E-state index in [1.165, 1.54) is 0 Å². The molecule has 20 heavy (non-hydrogen) atoms. The summed E-state index contributed by atoms with van der Waals surface area (Å²) in [5.74, 6) is 0.0422. The van der Waals surface area contributed by atoms with Crippen molar-refractivity contribution in [2.45, 2.75) is 13.2 Å². The van der Waals surface area contributed by atoms with E-state index < -0.39 is 0 Å². The number of ether oxygens (including phenoxy) is 2. The predicted molar refractivity (Wildman–Crippen MR) is 78.3 cm³/mol. The Kier molecular flexibility index (Phi) is 3.63. The Morgan fingerprint density at radius 2 is 1.80 bits per heavy atom. The lowest BCUT2D eigenvalue weighted by Gasteiger charge is -2.14. The maximum atomic E-state index is 11.1. The fourth-order valence-corrected chi connectivity index (χ4v) is 2.44. The maximum Gasteiger partial charge on any atom is 0.184 e. The summed E-state index contributed by atoms with van der Waals surface area (Å²) in [6.45, 7) is 2.81. The molecule has 0 unspecified atom stereocenters. The van der Waals surface area contributed by atoms with Crippen LogP contribution in [0.25, 0.3) is 16.8 Å². The van der Waals surface area contributed by atoms with Crippen molar-refractivity contribution in [3.63, 3.8) is 0 Å². The minimum absolute atomic E-state index is 0.0422. The monoisotopic (exact) mass is 268 g/mol. The minimum Gasteiger partial charge on any atom is -0.346 e. The number of carbonyl (C=O) groups excluding carboxylic acids is 1. The van der Waals surface area contributed by atoms with Crippen molar-refractivity contribution in [3.05, 3.63) is 53.6 Å². The van der Waals surface area contributed by atoms with Gasteiger partial charge < -0.3 is 9.47 Å². The SMILES string of the molecule is CC(=O)/C=C/c1ccc(C2OCCO2)c2ccccc12. The standard InChI is InChI=1S/C17H16O3/c1-12(18)6-7-13-8-9-16(17-19-10-11-20-17)15-5-3-2-4-14(13)15/h2-9,17H,10-11H2,1H3/b7-6+. The Balaban J connectivity index is 2.11. The van der Waals surface area contributed by atoms with Crippen molar-refractivity contribution >= 4 is 22.6 Å². The molecule has 102 valence electrons. The normalized spacial score (nSPS) is 16.2. The van der Waals surface area contributed by atoms with Crippen LogP contribution in [0.2, 0.25) is 0 Å². The van der Waals surface area contributed by atoms with E-state index in [2.05, 4.69) is 6.07 Å². The maximum absolute atomic E-state index is 11.1. The smallest absolute Gasteiger partial charge is 0.184 e. The summed E-state index contributed by atoms with van der Waals surface area (Å²) >= 11 is 0. The zero-order valence-corrected chi connectivity index (χ0v) is 11.3. The second-order valence-electron chi connectivity index (χ2n) is 4.81. The van der Waals surface area contributed by atoms with Crippen LogP contribution in [-0.2, 0) is 14.3 Å². The van der Waals surface area contributed by atoms with Gasteiger partial charge in [-0.3, -0.25) is 4.79 Å². The minimum atomic E-state index is -0.286. The van der Waals surface area contributed by atoms with E-state index in [0.29, 0.717) is 13.2 Å². The lowest BCUT2D eigenvalue weighted by molar-refractivity contribution is -0.112. The van der Waals surface area contributed by atoms with Crippen LogP contribution >= 0.6 is 0 Å².